The van der Waals surface area contributed by atoms with E-state index in [9.17, 15) is 0 Å². The Morgan fingerprint density at radius 1 is 1.33 bits per heavy atom. The Morgan fingerprint density at radius 2 is 2.10 bits per heavy atom. The summed E-state index contributed by atoms with van der Waals surface area (Å²) in [6.07, 6.45) is 2.33. The van der Waals surface area contributed by atoms with Gasteiger partial charge < -0.3 is 10.1 Å². The molecule has 1 aliphatic rings. The molecule has 2 heterocycles. The monoisotopic (exact) mass is 287 g/mol. The summed E-state index contributed by atoms with van der Waals surface area (Å²) in [5, 5.41) is 7.59. The molecule has 0 atom stereocenters. The maximum absolute atomic E-state index is 5.98. The highest BCUT2D eigenvalue weighted by Crippen LogP contribution is 2.40. The molecule has 1 fully saturated rings. The van der Waals surface area contributed by atoms with Gasteiger partial charge in [0, 0.05) is 25.6 Å². The van der Waals surface area contributed by atoms with E-state index in [1.807, 2.05) is 27.0 Å². The van der Waals surface area contributed by atoms with Gasteiger partial charge in [-0.25, -0.2) is 9.67 Å². The summed E-state index contributed by atoms with van der Waals surface area (Å²) in [6, 6.07) is 1.91. The predicted octanol–water partition coefficient (Wildman–Crippen LogP) is 2.93. The van der Waals surface area contributed by atoms with Gasteiger partial charge in [0.1, 0.15) is 11.6 Å². The van der Waals surface area contributed by atoms with Crippen molar-refractivity contribution in [3.05, 3.63) is 23.1 Å². The van der Waals surface area contributed by atoms with Crippen LogP contribution in [0.3, 0.4) is 0 Å². The zero-order valence-corrected chi connectivity index (χ0v) is 13.0. The predicted molar refractivity (Wildman–Crippen MR) is 80.9 cm³/mol. The van der Waals surface area contributed by atoms with E-state index in [2.05, 4.69) is 27.3 Å². The highest BCUT2D eigenvalue weighted by atomic mass is 16.5. The first-order valence-corrected chi connectivity index (χ1v) is 7.39. The Morgan fingerprint density at radius 3 is 2.67 bits per heavy atom. The largest absolute Gasteiger partial charge is 0.420 e. The molecule has 0 bridgehead atoms. The molecule has 0 aromatic carbocycles. The average Bonchev–Trinajstić information content (AvgIpc) is 3.22. The Labute approximate surface area is 124 Å². The number of aromatic nitrogens is 4. The van der Waals surface area contributed by atoms with Crippen molar-refractivity contribution in [2.24, 2.45) is 7.05 Å². The lowest BCUT2D eigenvalue weighted by Gasteiger charge is -2.13. The second kappa shape index (κ2) is 5.35. The number of hydrogen-bond donors (Lipinski definition) is 1. The van der Waals surface area contributed by atoms with Crippen LogP contribution in [0, 0.1) is 13.8 Å². The lowest BCUT2D eigenvalue weighted by molar-refractivity contribution is 0.409. The topological polar surface area (TPSA) is 64.9 Å². The van der Waals surface area contributed by atoms with E-state index in [-0.39, 0.29) is 0 Å². The van der Waals surface area contributed by atoms with Crippen LogP contribution in [0.2, 0.25) is 0 Å². The summed E-state index contributed by atoms with van der Waals surface area (Å²) in [5.41, 5.74) is 1.86. The molecule has 6 nitrogen and oxygen atoms in total. The second-order valence-electron chi connectivity index (χ2n) is 5.51. The molecule has 1 N–H and O–H groups in total. The lowest BCUT2D eigenvalue weighted by atomic mass is 10.3. The van der Waals surface area contributed by atoms with Gasteiger partial charge in [-0.1, -0.05) is 0 Å². The minimum absolute atomic E-state index is 0.485. The number of anilines is 1. The van der Waals surface area contributed by atoms with Crippen molar-refractivity contribution >= 4 is 5.82 Å². The Hall–Kier alpha value is -2.11. The van der Waals surface area contributed by atoms with E-state index in [0.29, 0.717) is 17.7 Å². The third kappa shape index (κ3) is 2.84. The molecule has 6 heteroatoms. The maximum atomic E-state index is 5.98. The number of nitrogens with zero attached hydrogens (tertiary/aromatic N) is 4. The first-order valence-electron chi connectivity index (χ1n) is 7.39. The highest BCUT2D eigenvalue weighted by Gasteiger charge is 2.28. The van der Waals surface area contributed by atoms with E-state index >= 15 is 0 Å². The second-order valence-corrected chi connectivity index (χ2v) is 5.51. The van der Waals surface area contributed by atoms with Crippen LogP contribution in [0.1, 0.15) is 42.8 Å². The van der Waals surface area contributed by atoms with E-state index in [0.717, 1.165) is 29.4 Å². The van der Waals surface area contributed by atoms with Gasteiger partial charge >= 0.3 is 0 Å². The van der Waals surface area contributed by atoms with Gasteiger partial charge in [0.15, 0.2) is 0 Å². The van der Waals surface area contributed by atoms with E-state index in [1.54, 1.807) is 4.68 Å². The molecule has 1 aliphatic carbocycles. The lowest BCUT2D eigenvalue weighted by Crippen LogP contribution is -2.08. The van der Waals surface area contributed by atoms with Crippen LogP contribution in [0.25, 0.3) is 0 Å². The van der Waals surface area contributed by atoms with Crippen LogP contribution in [0.4, 0.5) is 5.82 Å². The van der Waals surface area contributed by atoms with E-state index in [1.165, 1.54) is 12.8 Å². The van der Waals surface area contributed by atoms with Crippen molar-refractivity contribution in [3.8, 4) is 11.8 Å². The normalized spacial score (nSPS) is 14.3. The molecule has 3 rings (SSSR count). The summed E-state index contributed by atoms with van der Waals surface area (Å²) < 4.78 is 7.70. The SMILES string of the molecule is CCNc1nc(C2CC2)nc(Oc2cc(C)nn2C)c1C. The van der Waals surface area contributed by atoms with Gasteiger partial charge in [-0.15, -0.1) is 0 Å². The van der Waals surface area contributed by atoms with Crippen molar-refractivity contribution in [3.63, 3.8) is 0 Å². The fourth-order valence-electron chi connectivity index (χ4n) is 2.26. The quantitative estimate of drug-likeness (QED) is 0.916. The average molecular weight is 287 g/mol. The van der Waals surface area contributed by atoms with Crippen molar-refractivity contribution in [2.75, 3.05) is 11.9 Å². The molecule has 112 valence electrons. The third-order valence-electron chi connectivity index (χ3n) is 3.57. The van der Waals surface area contributed by atoms with Gasteiger partial charge in [-0.05, 0) is 33.6 Å². The van der Waals surface area contributed by atoms with Gasteiger partial charge in [-0.2, -0.15) is 10.1 Å². The number of aryl methyl sites for hydroxylation is 2. The summed E-state index contributed by atoms with van der Waals surface area (Å²) in [6.45, 7) is 6.81. The molecule has 2 aromatic rings. The molecule has 0 amide bonds. The van der Waals surface area contributed by atoms with Crippen LogP contribution in [0.5, 0.6) is 11.8 Å². The van der Waals surface area contributed by atoms with Crippen molar-refractivity contribution in [1.82, 2.24) is 19.7 Å². The smallest absolute Gasteiger partial charge is 0.229 e. The van der Waals surface area contributed by atoms with Crippen LogP contribution in [-0.2, 0) is 7.05 Å². The maximum Gasteiger partial charge on any atom is 0.229 e. The molecule has 1 saturated carbocycles. The van der Waals surface area contributed by atoms with E-state index in [4.69, 9.17) is 4.74 Å². The zero-order valence-electron chi connectivity index (χ0n) is 13.0. The first-order chi connectivity index (χ1) is 10.1. The van der Waals surface area contributed by atoms with Gasteiger partial charge in [0.2, 0.25) is 11.8 Å². The molecular weight excluding hydrogens is 266 g/mol. The van der Waals surface area contributed by atoms with Crippen molar-refractivity contribution < 1.29 is 4.74 Å². The molecule has 0 aliphatic heterocycles. The first kappa shape index (κ1) is 13.9. The number of ether oxygens (including phenoxy) is 1. The van der Waals surface area contributed by atoms with Crippen LogP contribution < -0.4 is 10.1 Å². The van der Waals surface area contributed by atoms with Gasteiger partial charge in [0.25, 0.3) is 0 Å². The summed E-state index contributed by atoms with van der Waals surface area (Å²) in [4.78, 5) is 9.24. The summed E-state index contributed by atoms with van der Waals surface area (Å²) >= 11 is 0. The van der Waals surface area contributed by atoms with Crippen LogP contribution in [-0.4, -0.2) is 26.3 Å². The fourth-order valence-corrected chi connectivity index (χ4v) is 2.26. The van der Waals surface area contributed by atoms with Crippen LogP contribution in [0.15, 0.2) is 6.07 Å². The number of hydrogen-bond acceptors (Lipinski definition) is 5. The molecule has 21 heavy (non-hydrogen) atoms. The molecule has 2 aromatic heterocycles. The Kier molecular flexibility index (Phi) is 3.53. The molecule has 0 radical (unpaired) electrons. The Balaban J connectivity index is 1.97. The molecule has 0 saturated heterocycles. The zero-order chi connectivity index (χ0) is 15.0. The highest BCUT2D eigenvalue weighted by molar-refractivity contribution is 5.49. The number of nitrogens with one attached hydrogen (secondary N) is 1. The molecule has 0 spiro atoms. The van der Waals surface area contributed by atoms with Gasteiger partial charge in [0.05, 0.1) is 11.3 Å². The van der Waals surface area contributed by atoms with Crippen LogP contribution >= 0.6 is 0 Å². The van der Waals surface area contributed by atoms with Crippen molar-refractivity contribution in [1.29, 1.82) is 0 Å². The summed E-state index contributed by atoms with van der Waals surface area (Å²) in [7, 11) is 1.87. The minimum atomic E-state index is 0.485. The molecule has 0 unspecified atom stereocenters. The third-order valence-corrected chi connectivity index (χ3v) is 3.57. The fraction of sp³-hybridized carbons (Fsp3) is 0.533. The number of rotatable bonds is 5. The standard InChI is InChI=1S/C15H21N5O/c1-5-16-13-10(3)15(18-14(17-13)11-6-7-11)21-12-8-9(2)19-20(12)4/h8,11H,5-7H2,1-4H3,(H,16,17,18). The Bertz CT molecular complexity index is 660. The minimum Gasteiger partial charge on any atom is -0.420 e. The van der Waals surface area contributed by atoms with Gasteiger partial charge in [-0.3, -0.25) is 0 Å². The van der Waals surface area contributed by atoms with Crippen molar-refractivity contribution in [2.45, 2.75) is 39.5 Å². The molecular formula is C15H21N5O. The van der Waals surface area contributed by atoms with E-state index < -0.39 is 0 Å². The summed E-state index contributed by atoms with van der Waals surface area (Å²) in [5.74, 6) is 3.54.